The maximum atomic E-state index is 12.0. The molecule has 2 rings (SSSR count). The summed E-state index contributed by atoms with van der Waals surface area (Å²) < 4.78 is 1.03. The molecule has 0 unspecified atom stereocenters. The maximum Gasteiger partial charge on any atom is 0.185 e. The van der Waals surface area contributed by atoms with E-state index >= 15 is 0 Å². The molecular weight excluding hydrogens is 300 g/mol. The molecule has 0 atom stereocenters. The fourth-order valence-electron chi connectivity index (χ4n) is 1.75. The largest absolute Gasteiger partial charge is 0.289 e. The molecule has 0 heterocycles. The van der Waals surface area contributed by atoms with Gasteiger partial charge in [-0.25, -0.2) is 0 Å². The molecule has 19 heavy (non-hydrogen) atoms. The predicted octanol–water partition coefficient (Wildman–Crippen LogP) is 4.91. The van der Waals surface area contributed by atoms with E-state index in [0.29, 0.717) is 0 Å². The molecule has 0 N–H and O–H groups in total. The van der Waals surface area contributed by atoms with E-state index in [4.69, 9.17) is 0 Å². The first-order valence-corrected chi connectivity index (χ1v) is 7.05. The van der Waals surface area contributed by atoms with Crippen molar-refractivity contribution in [3.05, 3.63) is 75.8 Å². The third-order valence-electron chi connectivity index (χ3n) is 2.94. The van der Waals surface area contributed by atoms with Crippen molar-refractivity contribution in [2.45, 2.75) is 13.3 Å². The maximum absolute atomic E-state index is 12.0. The summed E-state index contributed by atoms with van der Waals surface area (Å²) in [6.07, 6.45) is 4.44. The Labute approximate surface area is 122 Å². The van der Waals surface area contributed by atoms with Crippen molar-refractivity contribution in [3.8, 4) is 0 Å². The highest BCUT2D eigenvalue weighted by molar-refractivity contribution is 9.10. The van der Waals surface area contributed by atoms with Crippen molar-refractivity contribution in [1.82, 2.24) is 0 Å². The number of carbonyl (C=O) groups excluding carboxylic acids is 1. The van der Waals surface area contributed by atoms with Crippen LogP contribution in [-0.4, -0.2) is 5.78 Å². The summed E-state index contributed by atoms with van der Waals surface area (Å²) in [5.74, 6) is 0.0329. The summed E-state index contributed by atoms with van der Waals surface area (Å²) in [4.78, 5) is 12.0. The van der Waals surface area contributed by atoms with Crippen LogP contribution in [0.3, 0.4) is 0 Å². The van der Waals surface area contributed by atoms with E-state index in [1.54, 1.807) is 6.08 Å². The fraction of sp³-hybridized carbons (Fsp3) is 0.118. The average Bonchev–Trinajstić information content (AvgIpc) is 2.46. The van der Waals surface area contributed by atoms with Gasteiger partial charge < -0.3 is 0 Å². The summed E-state index contributed by atoms with van der Waals surface area (Å²) in [5.41, 5.74) is 2.99. The molecule has 0 aromatic heterocycles. The van der Waals surface area contributed by atoms with Gasteiger partial charge in [0.25, 0.3) is 0 Å². The molecule has 2 heteroatoms. The van der Waals surface area contributed by atoms with Crippen LogP contribution in [0.2, 0.25) is 0 Å². The molecule has 0 aliphatic rings. The minimum Gasteiger partial charge on any atom is -0.289 e. The van der Waals surface area contributed by atoms with Gasteiger partial charge in [0.2, 0.25) is 0 Å². The highest BCUT2D eigenvalue weighted by Crippen LogP contribution is 2.12. The molecule has 2 aromatic carbocycles. The number of carbonyl (C=O) groups is 1. The minimum atomic E-state index is 0.0329. The van der Waals surface area contributed by atoms with E-state index < -0.39 is 0 Å². The number of halogens is 1. The van der Waals surface area contributed by atoms with Crippen molar-refractivity contribution in [2.24, 2.45) is 0 Å². The smallest absolute Gasteiger partial charge is 0.185 e. The van der Waals surface area contributed by atoms with Gasteiger partial charge in [-0.2, -0.15) is 0 Å². The van der Waals surface area contributed by atoms with Gasteiger partial charge in [-0.1, -0.05) is 65.3 Å². The second-order valence-electron chi connectivity index (χ2n) is 4.30. The molecule has 2 aromatic rings. The van der Waals surface area contributed by atoms with Crippen molar-refractivity contribution >= 4 is 27.8 Å². The van der Waals surface area contributed by atoms with Crippen molar-refractivity contribution in [3.63, 3.8) is 0 Å². The lowest BCUT2D eigenvalue weighted by atomic mass is 10.1. The van der Waals surface area contributed by atoms with Crippen LogP contribution in [0.25, 0.3) is 6.08 Å². The van der Waals surface area contributed by atoms with E-state index in [-0.39, 0.29) is 5.78 Å². The summed E-state index contributed by atoms with van der Waals surface area (Å²) in [6.45, 7) is 2.10. The standard InChI is InChI=1S/C17H15BrO/c1-2-13-3-8-15(9-4-13)17(19)12-7-14-5-10-16(18)11-6-14/h3-12H,2H2,1H3/b12-7+. The molecule has 0 amide bonds. The Hall–Kier alpha value is -1.67. The molecule has 0 saturated heterocycles. The van der Waals surface area contributed by atoms with E-state index in [2.05, 4.69) is 22.9 Å². The molecule has 0 spiro atoms. The van der Waals surface area contributed by atoms with Crippen molar-refractivity contribution < 1.29 is 4.79 Å². The monoisotopic (exact) mass is 314 g/mol. The van der Waals surface area contributed by atoms with Crippen molar-refractivity contribution in [1.29, 1.82) is 0 Å². The zero-order valence-corrected chi connectivity index (χ0v) is 12.4. The van der Waals surface area contributed by atoms with Crippen LogP contribution in [-0.2, 0) is 6.42 Å². The van der Waals surface area contributed by atoms with Crippen LogP contribution in [0.4, 0.5) is 0 Å². The summed E-state index contributed by atoms with van der Waals surface area (Å²) >= 11 is 3.38. The van der Waals surface area contributed by atoms with Gasteiger partial charge in [-0.3, -0.25) is 4.79 Å². The summed E-state index contributed by atoms with van der Waals surface area (Å²) in [6, 6.07) is 15.6. The molecule has 0 aliphatic carbocycles. The molecule has 0 bridgehead atoms. The van der Waals surface area contributed by atoms with E-state index in [0.717, 1.165) is 22.0 Å². The Morgan fingerprint density at radius 1 is 1.05 bits per heavy atom. The minimum absolute atomic E-state index is 0.0329. The number of benzene rings is 2. The summed E-state index contributed by atoms with van der Waals surface area (Å²) in [5, 5.41) is 0. The number of ketones is 1. The first-order chi connectivity index (χ1) is 9.19. The first-order valence-electron chi connectivity index (χ1n) is 6.26. The number of hydrogen-bond donors (Lipinski definition) is 0. The predicted molar refractivity (Wildman–Crippen MR) is 83.3 cm³/mol. The quantitative estimate of drug-likeness (QED) is 0.579. The Balaban J connectivity index is 2.09. The Morgan fingerprint density at radius 3 is 2.26 bits per heavy atom. The molecule has 0 saturated carbocycles. The van der Waals surface area contributed by atoms with E-state index in [1.165, 1.54) is 5.56 Å². The first kappa shape index (κ1) is 13.8. The lowest BCUT2D eigenvalue weighted by Gasteiger charge is -1.99. The van der Waals surface area contributed by atoms with E-state index in [1.807, 2.05) is 54.6 Å². The lowest BCUT2D eigenvalue weighted by molar-refractivity contribution is 0.104. The van der Waals surface area contributed by atoms with Gasteiger partial charge >= 0.3 is 0 Å². The zero-order valence-electron chi connectivity index (χ0n) is 10.8. The van der Waals surface area contributed by atoms with Crippen LogP contribution >= 0.6 is 15.9 Å². The molecule has 0 aliphatic heterocycles. The van der Waals surface area contributed by atoms with Crippen LogP contribution in [0.15, 0.2) is 59.1 Å². The number of aryl methyl sites for hydroxylation is 1. The zero-order chi connectivity index (χ0) is 13.7. The Morgan fingerprint density at radius 2 is 1.68 bits per heavy atom. The molecule has 0 radical (unpaired) electrons. The second kappa shape index (κ2) is 6.48. The topological polar surface area (TPSA) is 17.1 Å². The van der Waals surface area contributed by atoms with Gasteiger partial charge in [-0.05, 0) is 35.8 Å². The van der Waals surface area contributed by atoms with Crippen LogP contribution < -0.4 is 0 Å². The SMILES string of the molecule is CCc1ccc(C(=O)/C=C/c2ccc(Br)cc2)cc1. The van der Waals surface area contributed by atoms with Gasteiger partial charge in [0, 0.05) is 10.0 Å². The molecular formula is C17H15BrO. The number of hydrogen-bond acceptors (Lipinski definition) is 1. The van der Waals surface area contributed by atoms with Gasteiger partial charge in [0.15, 0.2) is 5.78 Å². The molecule has 0 fully saturated rings. The lowest BCUT2D eigenvalue weighted by Crippen LogP contribution is -1.94. The van der Waals surface area contributed by atoms with Gasteiger partial charge in [-0.15, -0.1) is 0 Å². The Kier molecular flexibility index (Phi) is 4.69. The number of rotatable bonds is 4. The normalized spacial score (nSPS) is 10.8. The summed E-state index contributed by atoms with van der Waals surface area (Å²) in [7, 11) is 0. The van der Waals surface area contributed by atoms with Crippen LogP contribution in [0, 0.1) is 0 Å². The van der Waals surface area contributed by atoms with Crippen LogP contribution in [0.5, 0.6) is 0 Å². The average molecular weight is 315 g/mol. The van der Waals surface area contributed by atoms with Crippen LogP contribution in [0.1, 0.15) is 28.4 Å². The number of allylic oxidation sites excluding steroid dienone is 1. The fourth-order valence-corrected chi connectivity index (χ4v) is 2.01. The van der Waals surface area contributed by atoms with Gasteiger partial charge in [0.05, 0.1) is 0 Å². The second-order valence-corrected chi connectivity index (χ2v) is 5.22. The highest BCUT2D eigenvalue weighted by Gasteiger charge is 2.01. The highest BCUT2D eigenvalue weighted by atomic mass is 79.9. The van der Waals surface area contributed by atoms with Crippen molar-refractivity contribution in [2.75, 3.05) is 0 Å². The molecule has 1 nitrogen and oxygen atoms in total. The van der Waals surface area contributed by atoms with E-state index in [9.17, 15) is 4.79 Å². The van der Waals surface area contributed by atoms with Gasteiger partial charge in [0.1, 0.15) is 0 Å². The molecule has 96 valence electrons. The third-order valence-corrected chi connectivity index (χ3v) is 3.47. The Bertz CT molecular complexity index is 580. The third kappa shape index (κ3) is 3.90.